The van der Waals surface area contributed by atoms with Gasteiger partial charge in [0.15, 0.2) is 0 Å². The maximum atomic E-state index is 11.9. The van der Waals surface area contributed by atoms with E-state index in [9.17, 15) is 4.79 Å². The molecule has 3 heterocycles. The third-order valence-electron chi connectivity index (χ3n) is 6.67. The van der Waals surface area contributed by atoms with Gasteiger partial charge in [-0.3, -0.25) is 20.2 Å². The molecule has 2 aromatic carbocycles. The number of aromatic nitrogens is 1. The number of piperazine rings is 1. The van der Waals surface area contributed by atoms with Crippen molar-refractivity contribution < 1.29 is 4.79 Å². The summed E-state index contributed by atoms with van der Waals surface area (Å²) in [6.07, 6.45) is 6.73. The Balaban J connectivity index is 1.44. The van der Waals surface area contributed by atoms with E-state index in [1.165, 1.54) is 11.8 Å². The summed E-state index contributed by atoms with van der Waals surface area (Å²) in [4.78, 5) is 20.9. The van der Waals surface area contributed by atoms with Crippen LogP contribution >= 0.6 is 0 Å². The van der Waals surface area contributed by atoms with Crippen LogP contribution in [0.1, 0.15) is 22.7 Å². The Morgan fingerprint density at radius 1 is 1.08 bits per heavy atom. The number of nitrogens with one attached hydrogen (secondary N) is 2. The van der Waals surface area contributed by atoms with Crippen molar-refractivity contribution >= 4 is 28.7 Å². The third-order valence-corrected chi connectivity index (χ3v) is 6.67. The van der Waals surface area contributed by atoms with Crippen LogP contribution in [0, 0.1) is 0 Å². The van der Waals surface area contributed by atoms with E-state index in [1.54, 1.807) is 12.4 Å². The maximum Gasteiger partial charge on any atom is 0.247 e. The molecule has 1 saturated heterocycles. The largest absolute Gasteiger partial charge is 0.397 e. The summed E-state index contributed by atoms with van der Waals surface area (Å²) in [7, 11) is 2.16. The number of carbonyl (C=O) groups is 1. The smallest absolute Gasteiger partial charge is 0.247 e. The lowest BCUT2D eigenvalue weighted by Gasteiger charge is -2.37. The zero-order chi connectivity index (χ0) is 25.1. The van der Waals surface area contributed by atoms with Crippen molar-refractivity contribution in [1.29, 1.82) is 0 Å². The number of anilines is 3. The summed E-state index contributed by atoms with van der Waals surface area (Å²) in [5.74, 6) is -0.250. The monoisotopic (exact) mass is 481 g/mol. The number of benzene rings is 2. The first-order chi connectivity index (χ1) is 17.5. The first-order valence-electron chi connectivity index (χ1n) is 12.1. The van der Waals surface area contributed by atoms with Crippen LogP contribution in [-0.4, -0.2) is 54.0 Å². The van der Waals surface area contributed by atoms with Crippen molar-refractivity contribution in [1.82, 2.24) is 14.9 Å². The summed E-state index contributed by atoms with van der Waals surface area (Å²) in [5, 5.41) is 4.86. The van der Waals surface area contributed by atoms with Gasteiger partial charge < -0.3 is 20.9 Å². The average Bonchev–Trinajstić information content (AvgIpc) is 2.90. The number of hydrogen-bond donors (Lipinski definition) is 3. The highest BCUT2D eigenvalue weighted by Gasteiger charge is 2.29. The van der Waals surface area contributed by atoms with Crippen molar-refractivity contribution in [2.24, 2.45) is 5.73 Å². The molecule has 1 fully saturated rings. The van der Waals surface area contributed by atoms with Gasteiger partial charge in [0.05, 0.1) is 11.4 Å². The maximum absolute atomic E-state index is 11.9. The lowest BCUT2D eigenvalue weighted by molar-refractivity contribution is -0.111. The van der Waals surface area contributed by atoms with E-state index in [-0.39, 0.29) is 11.9 Å². The molecule has 2 aliphatic heterocycles. The predicted molar refractivity (Wildman–Crippen MR) is 145 cm³/mol. The number of carbonyl (C=O) groups excluding carboxylic acids is 1. The fraction of sp³-hybridized carbons (Fsp3) is 0.214. The second-order valence-corrected chi connectivity index (χ2v) is 9.13. The average molecular weight is 482 g/mol. The molecule has 0 aliphatic carbocycles. The summed E-state index contributed by atoms with van der Waals surface area (Å²) >= 11 is 0. The van der Waals surface area contributed by atoms with Gasteiger partial charge in [0.1, 0.15) is 6.04 Å². The second-order valence-electron chi connectivity index (χ2n) is 9.13. The van der Waals surface area contributed by atoms with Crippen LogP contribution in [0.4, 0.5) is 17.1 Å². The number of pyridine rings is 1. The standard InChI is InChI=1S/C28H31N7O/c1-3-27(36)31-22-6-4-5-20(17-22)28-24-11-12-30-18-25(24)26(29)19-35(28)32-21-7-9-23(10-8-21)34-15-13-33(2)14-16-34/h3-12,17-19,28,32H,1,13-16,29H2,2H3,(H,31,36). The van der Waals surface area contributed by atoms with Crippen LogP contribution in [0.5, 0.6) is 0 Å². The Morgan fingerprint density at radius 2 is 1.86 bits per heavy atom. The third kappa shape index (κ3) is 4.89. The molecule has 1 amide bonds. The van der Waals surface area contributed by atoms with E-state index in [0.717, 1.165) is 48.6 Å². The van der Waals surface area contributed by atoms with Gasteiger partial charge in [-0.15, -0.1) is 0 Å². The highest BCUT2D eigenvalue weighted by molar-refractivity contribution is 5.98. The molecule has 0 radical (unpaired) electrons. The predicted octanol–water partition coefficient (Wildman–Crippen LogP) is 3.65. The van der Waals surface area contributed by atoms with E-state index in [4.69, 9.17) is 5.73 Å². The normalized spacial score (nSPS) is 17.7. The Bertz CT molecular complexity index is 1280. The minimum Gasteiger partial charge on any atom is -0.397 e. The van der Waals surface area contributed by atoms with Gasteiger partial charge in [-0.1, -0.05) is 18.7 Å². The van der Waals surface area contributed by atoms with Crippen LogP contribution < -0.4 is 21.4 Å². The summed E-state index contributed by atoms with van der Waals surface area (Å²) in [5.41, 5.74) is 16.4. The van der Waals surface area contributed by atoms with E-state index in [1.807, 2.05) is 41.5 Å². The molecule has 4 N–H and O–H groups in total. The van der Waals surface area contributed by atoms with E-state index >= 15 is 0 Å². The molecule has 0 spiro atoms. The zero-order valence-corrected chi connectivity index (χ0v) is 20.4. The molecular formula is C28H31N7O. The quantitative estimate of drug-likeness (QED) is 0.463. The molecule has 8 heteroatoms. The molecule has 1 aromatic heterocycles. The summed E-state index contributed by atoms with van der Waals surface area (Å²) in [6, 6.07) is 18.1. The van der Waals surface area contributed by atoms with Gasteiger partial charge in [-0.05, 0) is 66.7 Å². The van der Waals surface area contributed by atoms with Crippen molar-refractivity contribution in [3.63, 3.8) is 0 Å². The van der Waals surface area contributed by atoms with Gasteiger partial charge in [0, 0.05) is 61.7 Å². The van der Waals surface area contributed by atoms with Gasteiger partial charge in [-0.25, -0.2) is 0 Å². The molecule has 2 aliphatic rings. The molecular weight excluding hydrogens is 450 g/mol. The molecule has 3 aromatic rings. The number of hydrazine groups is 1. The number of rotatable bonds is 6. The lowest BCUT2D eigenvalue weighted by Crippen LogP contribution is -2.44. The number of hydrogen-bond acceptors (Lipinski definition) is 7. The number of nitrogens with two attached hydrogens (primary N) is 1. The number of amides is 1. The van der Waals surface area contributed by atoms with E-state index in [0.29, 0.717) is 11.4 Å². The Morgan fingerprint density at radius 3 is 2.61 bits per heavy atom. The van der Waals surface area contributed by atoms with E-state index in [2.05, 4.69) is 63.4 Å². The van der Waals surface area contributed by atoms with Crippen molar-refractivity contribution in [2.45, 2.75) is 6.04 Å². The molecule has 184 valence electrons. The first-order valence-corrected chi connectivity index (χ1v) is 12.1. The lowest BCUT2D eigenvalue weighted by atomic mass is 9.91. The minimum atomic E-state index is -0.250. The van der Waals surface area contributed by atoms with Crippen LogP contribution in [-0.2, 0) is 4.79 Å². The van der Waals surface area contributed by atoms with E-state index < -0.39 is 0 Å². The van der Waals surface area contributed by atoms with Gasteiger partial charge in [-0.2, -0.15) is 0 Å². The topological polar surface area (TPSA) is 89.8 Å². The second kappa shape index (κ2) is 10.1. The number of likely N-dealkylation sites (N-methyl/N-ethyl adjacent to an activating group) is 1. The highest BCUT2D eigenvalue weighted by atomic mass is 16.1. The zero-order valence-electron chi connectivity index (χ0n) is 20.4. The highest BCUT2D eigenvalue weighted by Crippen LogP contribution is 2.38. The van der Waals surface area contributed by atoms with Gasteiger partial charge in [0.25, 0.3) is 0 Å². The van der Waals surface area contributed by atoms with Crippen LogP contribution in [0.2, 0.25) is 0 Å². The Kier molecular flexibility index (Phi) is 6.60. The molecule has 36 heavy (non-hydrogen) atoms. The molecule has 1 unspecified atom stereocenters. The van der Waals surface area contributed by atoms with Crippen molar-refractivity contribution in [3.05, 3.63) is 103 Å². The molecule has 8 nitrogen and oxygen atoms in total. The molecule has 1 atom stereocenters. The van der Waals surface area contributed by atoms with Gasteiger partial charge in [0.2, 0.25) is 5.91 Å². The minimum absolute atomic E-state index is 0.187. The first kappa shape index (κ1) is 23.4. The SMILES string of the molecule is C=CC(=O)Nc1cccc(C2c3ccncc3C(N)=CN2Nc2ccc(N3CCN(C)CC3)cc2)c1. The van der Waals surface area contributed by atoms with Crippen molar-refractivity contribution in [2.75, 3.05) is 48.9 Å². The van der Waals surface area contributed by atoms with Crippen LogP contribution in [0.15, 0.2) is 85.8 Å². The summed E-state index contributed by atoms with van der Waals surface area (Å²) in [6.45, 7) is 7.74. The van der Waals surface area contributed by atoms with Crippen LogP contribution in [0.3, 0.4) is 0 Å². The molecule has 0 saturated carbocycles. The Hall–Kier alpha value is -4.30. The number of nitrogens with zero attached hydrogens (tertiary/aromatic N) is 4. The number of fused-ring (bicyclic) bond motifs is 1. The van der Waals surface area contributed by atoms with Crippen molar-refractivity contribution in [3.8, 4) is 0 Å². The molecule has 0 bridgehead atoms. The van der Waals surface area contributed by atoms with Gasteiger partial charge >= 0.3 is 0 Å². The van der Waals surface area contributed by atoms with Crippen LogP contribution in [0.25, 0.3) is 5.70 Å². The fourth-order valence-electron chi connectivity index (χ4n) is 4.71. The summed E-state index contributed by atoms with van der Waals surface area (Å²) < 4.78 is 0. The fourth-order valence-corrected chi connectivity index (χ4v) is 4.71. The molecule has 5 rings (SSSR count). The Labute approximate surface area is 211 Å².